The lowest BCUT2D eigenvalue weighted by molar-refractivity contribution is 0.242. The highest BCUT2D eigenvalue weighted by molar-refractivity contribution is 5.62. The van der Waals surface area contributed by atoms with Crippen molar-refractivity contribution in [3.8, 4) is 17.0 Å². The quantitative estimate of drug-likeness (QED) is 0.919. The number of hydrogen-bond acceptors (Lipinski definition) is 3. The highest BCUT2D eigenvalue weighted by Gasteiger charge is 2.10. The molecular weight excluding hydrogens is 276 g/mol. The van der Waals surface area contributed by atoms with Crippen LogP contribution in [0, 0.1) is 5.92 Å². The molecule has 0 aliphatic carbocycles. The van der Waals surface area contributed by atoms with E-state index >= 15 is 0 Å². The van der Waals surface area contributed by atoms with Gasteiger partial charge in [-0.1, -0.05) is 13.8 Å². The first-order valence-electron chi connectivity index (χ1n) is 7.65. The summed E-state index contributed by atoms with van der Waals surface area (Å²) in [7, 11) is 0. The molecule has 2 rings (SSSR count). The summed E-state index contributed by atoms with van der Waals surface area (Å²) in [6, 6.07) is 11.4. The zero-order valence-electron chi connectivity index (χ0n) is 13.7. The summed E-state index contributed by atoms with van der Waals surface area (Å²) in [6.45, 7) is 8.80. The number of nitrogen functional groups attached to an aromatic ring is 1. The molecule has 0 spiro atoms. The number of nitrogens with two attached hydrogens (primary N) is 1. The predicted molar refractivity (Wildman–Crippen MR) is 91.2 cm³/mol. The fourth-order valence-electron chi connectivity index (χ4n) is 2.37. The second-order valence-corrected chi connectivity index (χ2v) is 6.17. The van der Waals surface area contributed by atoms with Crippen molar-refractivity contribution < 1.29 is 4.74 Å². The van der Waals surface area contributed by atoms with Gasteiger partial charge in [-0.15, -0.1) is 0 Å². The summed E-state index contributed by atoms with van der Waals surface area (Å²) in [5.74, 6) is 1.19. The van der Waals surface area contributed by atoms with Crippen molar-refractivity contribution in [1.29, 1.82) is 0 Å². The van der Waals surface area contributed by atoms with Crippen LogP contribution in [0.4, 0.5) is 5.69 Å². The Morgan fingerprint density at radius 2 is 1.68 bits per heavy atom. The zero-order valence-corrected chi connectivity index (χ0v) is 13.7. The first-order chi connectivity index (χ1) is 10.4. The standard InChI is InChI=1S/C18H24N2O2/c1-12(2)11-20-17(10-9-16(19)18(20)21)14-5-7-15(8-6-14)22-13(3)4/h5-10,12-13H,11,19H2,1-4H3. The Hall–Kier alpha value is -2.23. The van der Waals surface area contributed by atoms with Crippen LogP contribution in [-0.2, 0) is 6.54 Å². The van der Waals surface area contributed by atoms with E-state index in [4.69, 9.17) is 10.5 Å². The van der Waals surface area contributed by atoms with Crippen LogP contribution in [0.5, 0.6) is 5.75 Å². The van der Waals surface area contributed by atoms with Gasteiger partial charge >= 0.3 is 0 Å². The Morgan fingerprint density at radius 1 is 1.05 bits per heavy atom. The van der Waals surface area contributed by atoms with Crippen LogP contribution >= 0.6 is 0 Å². The highest BCUT2D eigenvalue weighted by Crippen LogP contribution is 2.23. The summed E-state index contributed by atoms with van der Waals surface area (Å²) < 4.78 is 7.40. The summed E-state index contributed by atoms with van der Waals surface area (Å²) >= 11 is 0. The van der Waals surface area contributed by atoms with Gasteiger partial charge in [-0.2, -0.15) is 0 Å². The summed E-state index contributed by atoms with van der Waals surface area (Å²) in [5.41, 5.74) is 7.78. The fourth-order valence-corrected chi connectivity index (χ4v) is 2.37. The summed E-state index contributed by atoms with van der Waals surface area (Å²) in [5, 5.41) is 0. The molecule has 1 aromatic carbocycles. The number of ether oxygens (including phenoxy) is 1. The van der Waals surface area contributed by atoms with Gasteiger partial charge in [0.25, 0.3) is 5.56 Å². The number of pyridine rings is 1. The van der Waals surface area contributed by atoms with Crippen molar-refractivity contribution in [3.63, 3.8) is 0 Å². The van der Waals surface area contributed by atoms with E-state index in [0.29, 0.717) is 12.5 Å². The maximum atomic E-state index is 12.3. The molecule has 0 fully saturated rings. The van der Waals surface area contributed by atoms with Gasteiger partial charge in [-0.25, -0.2) is 0 Å². The summed E-state index contributed by atoms with van der Waals surface area (Å²) in [4.78, 5) is 12.3. The van der Waals surface area contributed by atoms with Crippen molar-refractivity contribution in [3.05, 3.63) is 46.8 Å². The van der Waals surface area contributed by atoms with Gasteiger partial charge in [0.2, 0.25) is 0 Å². The number of benzene rings is 1. The minimum absolute atomic E-state index is 0.131. The Morgan fingerprint density at radius 3 is 2.23 bits per heavy atom. The molecule has 1 aromatic heterocycles. The maximum absolute atomic E-state index is 12.3. The van der Waals surface area contributed by atoms with Crippen molar-refractivity contribution in [1.82, 2.24) is 4.57 Å². The molecule has 2 N–H and O–H groups in total. The predicted octanol–water partition coefficient (Wildman–Crippen LogP) is 3.54. The third kappa shape index (κ3) is 3.70. The monoisotopic (exact) mass is 300 g/mol. The second-order valence-electron chi connectivity index (χ2n) is 6.17. The SMILES string of the molecule is CC(C)Cn1c(-c2ccc(OC(C)C)cc2)ccc(N)c1=O. The molecule has 22 heavy (non-hydrogen) atoms. The van der Waals surface area contributed by atoms with Crippen molar-refractivity contribution in [2.75, 3.05) is 5.73 Å². The van der Waals surface area contributed by atoms with Crippen LogP contribution in [0.1, 0.15) is 27.7 Å². The average molecular weight is 300 g/mol. The molecule has 0 amide bonds. The Bertz CT molecular complexity index is 685. The third-order valence-corrected chi connectivity index (χ3v) is 3.27. The smallest absolute Gasteiger partial charge is 0.274 e. The van der Waals surface area contributed by atoms with E-state index in [1.165, 1.54) is 0 Å². The molecule has 0 bridgehead atoms. The number of rotatable bonds is 5. The van der Waals surface area contributed by atoms with Gasteiger partial charge in [-0.3, -0.25) is 4.79 Å². The van der Waals surface area contributed by atoms with Gasteiger partial charge in [0, 0.05) is 6.54 Å². The van der Waals surface area contributed by atoms with Crippen LogP contribution in [-0.4, -0.2) is 10.7 Å². The maximum Gasteiger partial charge on any atom is 0.274 e. The second kappa shape index (κ2) is 6.69. The van der Waals surface area contributed by atoms with E-state index in [9.17, 15) is 4.79 Å². The Kier molecular flexibility index (Phi) is 4.91. The molecule has 4 heteroatoms. The van der Waals surface area contributed by atoms with Gasteiger partial charge in [-0.05, 0) is 61.7 Å². The molecule has 1 heterocycles. The first-order valence-corrected chi connectivity index (χ1v) is 7.65. The lowest BCUT2D eigenvalue weighted by atomic mass is 10.1. The molecule has 0 aliphatic heterocycles. The number of aromatic nitrogens is 1. The average Bonchev–Trinajstić information content (AvgIpc) is 2.44. The van der Waals surface area contributed by atoms with Gasteiger partial charge < -0.3 is 15.0 Å². The Labute approximate surface area is 131 Å². The van der Waals surface area contributed by atoms with E-state index in [1.54, 1.807) is 10.6 Å². The molecular formula is C18H24N2O2. The molecule has 0 saturated heterocycles. The molecule has 0 aliphatic rings. The number of anilines is 1. The fraction of sp³-hybridized carbons (Fsp3) is 0.389. The minimum atomic E-state index is -0.131. The molecule has 0 unspecified atom stereocenters. The van der Waals surface area contributed by atoms with E-state index in [0.717, 1.165) is 17.0 Å². The van der Waals surface area contributed by atoms with Crippen LogP contribution in [0.15, 0.2) is 41.2 Å². The Balaban J connectivity index is 2.43. The largest absolute Gasteiger partial charge is 0.491 e. The van der Waals surface area contributed by atoms with E-state index < -0.39 is 0 Å². The molecule has 0 saturated carbocycles. The van der Waals surface area contributed by atoms with Crippen LogP contribution in [0.3, 0.4) is 0 Å². The number of hydrogen-bond donors (Lipinski definition) is 1. The molecule has 0 radical (unpaired) electrons. The first kappa shape index (κ1) is 16.1. The molecule has 118 valence electrons. The van der Waals surface area contributed by atoms with E-state index in [1.807, 2.05) is 44.2 Å². The number of nitrogens with zero attached hydrogens (tertiary/aromatic N) is 1. The lowest BCUT2D eigenvalue weighted by Crippen LogP contribution is -2.26. The molecule has 4 nitrogen and oxygen atoms in total. The van der Waals surface area contributed by atoms with Gasteiger partial charge in [0.1, 0.15) is 5.75 Å². The zero-order chi connectivity index (χ0) is 16.3. The minimum Gasteiger partial charge on any atom is -0.491 e. The van der Waals surface area contributed by atoms with Crippen LogP contribution < -0.4 is 16.0 Å². The van der Waals surface area contributed by atoms with Crippen molar-refractivity contribution >= 4 is 5.69 Å². The van der Waals surface area contributed by atoms with Crippen LogP contribution in [0.2, 0.25) is 0 Å². The highest BCUT2D eigenvalue weighted by atomic mass is 16.5. The summed E-state index contributed by atoms with van der Waals surface area (Å²) in [6.07, 6.45) is 0.140. The normalized spacial score (nSPS) is 11.2. The van der Waals surface area contributed by atoms with Crippen molar-refractivity contribution in [2.45, 2.75) is 40.3 Å². The molecule has 2 aromatic rings. The van der Waals surface area contributed by atoms with Crippen molar-refractivity contribution in [2.24, 2.45) is 5.92 Å². The third-order valence-electron chi connectivity index (χ3n) is 3.27. The molecule has 0 atom stereocenters. The van der Waals surface area contributed by atoms with Crippen LogP contribution in [0.25, 0.3) is 11.3 Å². The lowest BCUT2D eigenvalue weighted by Gasteiger charge is -2.16. The van der Waals surface area contributed by atoms with E-state index in [2.05, 4.69) is 13.8 Å². The topological polar surface area (TPSA) is 57.2 Å². The van der Waals surface area contributed by atoms with Gasteiger partial charge in [0.15, 0.2) is 0 Å². The van der Waals surface area contributed by atoms with E-state index in [-0.39, 0.29) is 17.4 Å². The van der Waals surface area contributed by atoms with Gasteiger partial charge in [0.05, 0.1) is 17.5 Å².